The maximum absolute atomic E-state index is 6.00. The highest BCUT2D eigenvalue weighted by Gasteiger charge is 2.51. The van der Waals surface area contributed by atoms with Gasteiger partial charge in [0.25, 0.3) is 0 Å². The van der Waals surface area contributed by atoms with E-state index in [1.54, 1.807) is 0 Å². The quantitative estimate of drug-likeness (QED) is 0.723. The van der Waals surface area contributed by atoms with Crippen molar-refractivity contribution in [1.82, 2.24) is 0 Å². The zero-order chi connectivity index (χ0) is 12.9. The molecule has 4 rings (SSSR count). The van der Waals surface area contributed by atoms with Crippen LogP contribution in [0.3, 0.4) is 0 Å². The Hall–Kier alpha value is -0.830. The van der Waals surface area contributed by atoms with Gasteiger partial charge < -0.3 is 9.47 Å². The second kappa shape index (κ2) is 4.34. The van der Waals surface area contributed by atoms with E-state index in [9.17, 15) is 0 Å². The van der Waals surface area contributed by atoms with Crippen LogP contribution in [0.15, 0.2) is 36.4 Å². The first-order valence-corrected chi connectivity index (χ1v) is 7.30. The second-order valence-electron chi connectivity index (χ2n) is 6.06. The normalized spacial score (nSPS) is 40.2. The van der Waals surface area contributed by atoms with Crippen molar-refractivity contribution in [2.75, 3.05) is 13.2 Å². The molecule has 19 heavy (non-hydrogen) atoms. The average molecular weight is 277 g/mol. The Morgan fingerprint density at radius 3 is 2.37 bits per heavy atom. The molecule has 1 aromatic rings. The van der Waals surface area contributed by atoms with E-state index in [0.29, 0.717) is 5.92 Å². The first-order chi connectivity index (χ1) is 9.25. The van der Waals surface area contributed by atoms with Crippen molar-refractivity contribution in [1.29, 1.82) is 0 Å². The smallest absolute Gasteiger partial charge is 0.183 e. The Morgan fingerprint density at radius 2 is 1.79 bits per heavy atom. The average Bonchev–Trinajstić information content (AvgIpc) is 3.02. The molecule has 3 heteroatoms. The monoisotopic (exact) mass is 276 g/mol. The molecule has 2 unspecified atom stereocenters. The molecule has 0 aromatic heterocycles. The number of rotatable bonds is 1. The van der Waals surface area contributed by atoms with Crippen molar-refractivity contribution in [3.63, 3.8) is 0 Å². The summed E-state index contributed by atoms with van der Waals surface area (Å²) in [6.07, 6.45) is 7.01. The molecule has 1 aromatic carbocycles. The summed E-state index contributed by atoms with van der Waals surface area (Å²) in [5, 5.41) is 0.745. The Balaban J connectivity index is 1.48. The van der Waals surface area contributed by atoms with Crippen LogP contribution in [0, 0.1) is 17.3 Å². The van der Waals surface area contributed by atoms with Gasteiger partial charge in [-0.3, -0.25) is 0 Å². The van der Waals surface area contributed by atoms with Crippen LogP contribution in [0.2, 0.25) is 5.02 Å². The zero-order valence-electron chi connectivity index (χ0n) is 10.7. The van der Waals surface area contributed by atoms with E-state index in [4.69, 9.17) is 21.1 Å². The molecule has 2 aliphatic carbocycles. The van der Waals surface area contributed by atoms with Gasteiger partial charge in [-0.25, -0.2) is 0 Å². The molecule has 100 valence electrons. The summed E-state index contributed by atoms with van der Waals surface area (Å²) in [5.74, 6) is 1.41. The third kappa shape index (κ3) is 1.94. The molecule has 1 heterocycles. The van der Waals surface area contributed by atoms with Crippen molar-refractivity contribution < 1.29 is 9.47 Å². The van der Waals surface area contributed by atoms with Gasteiger partial charge in [-0.05, 0) is 36.8 Å². The van der Waals surface area contributed by atoms with Crippen LogP contribution < -0.4 is 0 Å². The minimum absolute atomic E-state index is 0.231. The van der Waals surface area contributed by atoms with Crippen molar-refractivity contribution in [2.45, 2.75) is 19.1 Å². The molecule has 1 spiro atoms. The first-order valence-electron chi connectivity index (χ1n) is 6.92. The predicted molar refractivity (Wildman–Crippen MR) is 73.9 cm³/mol. The van der Waals surface area contributed by atoms with E-state index in [0.717, 1.165) is 29.7 Å². The molecule has 0 N–H and O–H groups in total. The molecule has 3 aliphatic rings. The van der Waals surface area contributed by atoms with Crippen molar-refractivity contribution in [3.05, 3.63) is 47.0 Å². The number of benzene rings is 1. The Bertz CT molecular complexity index is 500. The fourth-order valence-corrected chi connectivity index (χ4v) is 3.90. The molecule has 1 aliphatic heterocycles. The van der Waals surface area contributed by atoms with Gasteiger partial charge in [0.15, 0.2) is 6.29 Å². The SMILES string of the molecule is Clc1ccc(C2OCC3(CO2)CC2C=CC3C2)cc1. The van der Waals surface area contributed by atoms with Crippen LogP contribution in [0.1, 0.15) is 24.7 Å². The molecule has 2 atom stereocenters. The zero-order valence-corrected chi connectivity index (χ0v) is 11.5. The van der Waals surface area contributed by atoms with Crippen LogP contribution in [-0.4, -0.2) is 13.2 Å². The van der Waals surface area contributed by atoms with Gasteiger partial charge in [0.2, 0.25) is 0 Å². The molecular formula is C16H17ClO2. The highest BCUT2D eigenvalue weighted by Crippen LogP contribution is 2.54. The summed E-state index contributed by atoms with van der Waals surface area (Å²) in [6, 6.07) is 7.72. The predicted octanol–water partition coefficient (Wildman–Crippen LogP) is 3.97. The van der Waals surface area contributed by atoms with E-state index < -0.39 is 0 Å². The maximum atomic E-state index is 6.00. The highest BCUT2D eigenvalue weighted by atomic mass is 35.5. The van der Waals surface area contributed by atoms with Crippen LogP contribution in [0.5, 0.6) is 0 Å². The lowest BCUT2D eigenvalue weighted by molar-refractivity contribution is -0.239. The summed E-state index contributed by atoms with van der Waals surface area (Å²) in [5.41, 5.74) is 1.29. The van der Waals surface area contributed by atoms with Crippen LogP contribution in [-0.2, 0) is 9.47 Å². The highest BCUT2D eigenvalue weighted by molar-refractivity contribution is 6.30. The molecule has 2 fully saturated rings. The Morgan fingerprint density at radius 1 is 1.05 bits per heavy atom. The Kier molecular flexibility index (Phi) is 2.73. The summed E-state index contributed by atoms with van der Waals surface area (Å²) < 4.78 is 12.0. The van der Waals surface area contributed by atoms with Gasteiger partial charge in [-0.2, -0.15) is 0 Å². The number of allylic oxidation sites excluding steroid dienone is 2. The number of ether oxygens (including phenoxy) is 2. The van der Waals surface area contributed by atoms with E-state index in [1.165, 1.54) is 12.8 Å². The van der Waals surface area contributed by atoms with Gasteiger partial charge in [-0.15, -0.1) is 0 Å². The summed E-state index contributed by atoms with van der Waals surface area (Å²) in [7, 11) is 0. The summed E-state index contributed by atoms with van der Waals surface area (Å²) in [6.45, 7) is 1.62. The van der Waals surface area contributed by atoms with Crippen molar-refractivity contribution in [2.24, 2.45) is 17.3 Å². The fraction of sp³-hybridized carbons (Fsp3) is 0.500. The van der Waals surface area contributed by atoms with E-state index in [1.807, 2.05) is 24.3 Å². The summed E-state index contributed by atoms with van der Waals surface area (Å²) >= 11 is 5.90. The topological polar surface area (TPSA) is 18.5 Å². The number of hydrogen-bond donors (Lipinski definition) is 0. The van der Waals surface area contributed by atoms with Crippen molar-refractivity contribution in [3.8, 4) is 0 Å². The number of halogens is 1. The van der Waals surface area contributed by atoms with E-state index in [-0.39, 0.29) is 11.7 Å². The van der Waals surface area contributed by atoms with Gasteiger partial charge >= 0.3 is 0 Å². The molecule has 2 nitrogen and oxygen atoms in total. The minimum Gasteiger partial charge on any atom is -0.348 e. The first kappa shape index (κ1) is 12.0. The second-order valence-corrected chi connectivity index (χ2v) is 6.50. The van der Waals surface area contributed by atoms with Gasteiger partial charge in [0, 0.05) is 16.0 Å². The van der Waals surface area contributed by atoms with E-state index in [2.05, 4.69) is 12.2 Å². The molecule has 0 amide bonds. The molecular weight excluding hydrogens is 260 g/mol. The lowest BCUT2D eigenvalue weighted by Gasteiger charge is -2.41. The maximum Gasteiger partial charge on any atom is 0.183 e. The number of hydrogen-bond acceptors (Lipinski definition) is 2. The lowest BCUT2D eigenvalue weighted by Crippen LogP contribution is -2.41. The third-order valence-electron chi connectivity index (χ3n) is 4.81. The lowest BCUT2D eigenvalue weighted by atomic mass is 9.76. The Labute approximate surface area is 118 Å². The molecule has 2 bridgehead atoms. The standard InChI is InChI=1S/C16H17ClO2/c17-14-5-2-12(3-6-14)15-18-9-16(10-19-15)8-11-1-4-13(16)7-11/h1-6,11,13,15H,7-10H2. The summed E-state index contributed by atoms with van der Waals surface area (Å²) in [4.78, 5) is 0. The van der Waals surface area contributed by atoms with E-state index >= 15 is 0 Å². The van der Waals surface area contributed by atoms with Crippen molar-refractivity contribution >= 4 is 11.6 Å². The molecule has 0 radical (unpaired) electrons. The van der Waals surface area contributed by atoms with Crippen LogP contribution in [0.4, 0.5) is 0 Å². The molecule has 1 saturated carbocycles. The van der Waals surface area contributed by atoms with Crippen LogP contribution in [0.25, 0.3) is 0 Å². The largest absolute Gasteiger partial charge is 0.348 e. The molecule has 1 saturated heterocycles. The van der Waals surface area contributed by atoms with Gasteiger partial charge in [0.05, 0.1) is 13.2 Å². The minimum atomic E-state index is -0.231. The fourth-order valence-electron chi connectivity index (χ4n) is 3.77. The third-order valence-corrected chi connectivity index (χ3v) is 5.07. The number of fused-ring (bicyclic) bond motifs is 3. The van der Waals surface area contributed by atoms with Gasteiger partial charge in [-0.1, -0.05) is 35.9 Å². The van der Waals surface area contributed by atoms with Crippen LogP contribution >= 0.6 is 11.6 Å². The van der Waals surface area contributed by atoms with Gasteiger partial charge in [0.1, 0.15) is 0 Å².